The van der Waals surface area contributed by atoms with Gasteiger partial charge >= 0.3 is 0 Å². The fourth-order valence-corrected chi connectivity index (χ4v) is 7.81. The summed E-state index contributed by atoms with van der Waals surface area (Å²) in [7, 11) is -3.05. The Morgan fingerprint density at radius 3 is 2.61 bits per heavy atom. The summed E-state index contributed by atoms with van der Waals surface area (Å²) in [6, 6.07) is 16.2. The van der Waals surface area contributed by atoms with E-state index in [2.05, 4.69) is 29.7 Å². The average Bonchev–Trinajstić information content (AvgIpc) is 3.51. The predicted molar refractivity (Wildman–Crippen MR) is 133 cm³/mol. The molecule has 0 bridgehead atoms. The molecule has 2 aliphatic rings. The zero-order chi connectivity index (χ0) is 23.0. The quantitative estimate of drug-likeness (QED) is 0.487. The normalized spacial score (nSPS) is 20.5. The Kier molecular flexibility index (Phi) is 6.22. The Hall–Kier alpha value is -2.32. The van der Waals surface area contributed by atoms with E-state index >= 15 is 0 Å². The minimum Gasteiger partial charge on any atom is -0.335 e. The van der Waals surface area contributed by atoms with E-state index < -0.39 is 9.84 Å². The lowest BCUT2D eigenvalue weighted by molar-refractivity contribution is -0.132. The molecule has 1 saturated carbocycles. The molecule has 1 aliphatic heterocycles. The standard InChI is InChI=1S/C25H29N3O3S2/c1-18-7-6-10-20(15-18)28-23-12-5-4-11-22(23)26-25(28)32-16-24(29)27(19-8-2-3-9-19)21-13-14-33(30,31)17-21/h4-7,10-12,15,19,21H,2-3,8-9,13-14,16-17H2,1H3/t21-/m0/s1. The number of benzene rings is 2. The van der Waals surface area contributed by atoms with Crippen LogP contribution in [-0.4, -0.2) is 58.1 Å². The summed E-state index contributed by atoms with van der Waals surface area (Å²) in [6.07, 6.45) is 4.69. The second-order valence-corrected chi connectivity index (χ2v) is 12.3. The van der Waals surface area contributed by atoms with Crippen molar-refractivity contribution in [1.29, 1.82) is 0 Å². The highest BCUT2D eigenvalue weighted by Crippen LogP contribution is 2.32. The van der Waals surface area contributed by atoms with Crippen LogP contribution >= 0.6 is 11.8 Å². The van der Waals surface area contributed by atoms with Gasteiger partial charge in [0.1, 0.15) is 0 Å². The molecule has 2 heterocycles. The van der Waals surface area contributed by atoms with Crippen molar-refractivity contribution in [2.75, 3.05) is 17.3 Å². The molecule has 1 amide bonds. The molecule has 1 aliphatic carbocycles. The molecule has 5 rings (SSSR count). The van der Waals surface area contributed by atoms with Crippen LogP contribution in [0.2, 0.25) is 0 Å². The molecule has 1 aromatic heterocycles. The third-order valence-corrected chi connectivity index (χ3v) is 9.40. The lowest BCUT2D eigenvalue weighted by atomic mass is 10.1. The summed E-state index contributed by atoms with van der Waals surface area (Å²) in [5.74, 6) is 0.561. The van der Waals surface area contributed by atoms with E-state index in [0.717, 1.165) is 53.1 Å². The van der Waals surface area contributed by atoms with Crippen LogP contribution in [0, 0.1) is 6.92 Å². The van der Waals surface area contributed by atoms with Gasteiger partial charge in [-0.05, 0) is 56.0 Å². The molecule has 2 aromatic carbocycles. The lowest BCUT2D eigenvalue weighted by Crippen LogP contribution is -2.47. The Morgan fingerprint density at radius 1 is 1.09 bits per heavy atom. The fraction of sp³-hybridized carbons (Fsp3) is 0.440. The number of rotatable bonds is 6. The zero-order valence-corrected chi connectivity index (χ0v) is 20.4. The molecule has 2 fully saturated rings. The number of hydrogen-bond donors (Lipinski definition) is 0. The minimum absolute atomic E-state index is 0.0249. The predicted octanol–water partition coefficient (Wildman–Crippen LogP) is 4.38. The molecule has 0 unspecified atom stereocenters. The van der Waals surface area contributed by atoms with Crippen molar-refractivity contribution in [3.8, 4) is 5.69 Å². The fourth-order valence-electron chi connectivity index (χ4n) is 5.20. The third-order valence-electron chi connectivity index (χ3n) is 6.72. The number of sulfone groups is 1. The van der Waals surface area contributed by atoms with Gasteiger partial charge in [-0.15, -0.1) is 0 Å². The Labute approximate surface area is 199 Å². The van der Waals surface area contributed by atoms with E-state index in [1.54, 1.807) is 0 Å². The number of fused-ring (bicyclic) bond motifs is 1. The van der Waals surface area contributed by atoms with Crippen molar-refractivity contribution in [2.24, 2.45) is 0 Å². The summed E-state index contributed by atoms with van der Waals surface area (Å²) in [6.45, 7) is 2.06. The first-order chi connectivity index (χ1) is 15.9. The van der Waals surface area contributed by atoms with Crippen molar-refractivity contribution >= 4 is 38.5 Å². The molecule has 0 radical (unpaired) electrons. The number of imidazole rings is 1. The van der Waals surface area contributed by atoms with Crippen LogP contribution in [0.25, 0.3) is 16.7 Å². The van der Waals surface area contributed by atoms with Crippen LogP contribution in [0.5, 0.6) is 0 Å². The zero-order valence-electron chi connectivity index (χ0n) is 18.8. The highest BCUT2D eigenvalue weighted by molar-refractivity contribution is 7.99. The Morgan fingerprint density at radius 2 is 1.88 bits per heavy atom. The van der Waals surface area contributed by atoms with Gasteiger partial charge in [-0.3, -0.25) is 9.36 Å². The van der Waals surface area contributed by atoms with Gasteiger partial charge in [-0.2, -0.15) is 0 Å². The monoisotopic (exact) mass is 483 g/mol. The highest BCUT2D eigenvalue weighted by Gasteiger charge is 2.39. The topological polar surface area (TPSA) is 72.3 Å². The molecule has 1 saturated heterocycles. The molecule has 6 nitrogen and oxygen atoms in total. The van der Waals surface area contributed by atoms with Crippen molar-refractivity contribution < 1.29 is 13.2 Å². The molecule has 33 heavy (non-hydrogen) atoms. The second-order valence-electron chi connectivity index (χ2n) is 9.14. The lowest BCUT2D eigenvalue weighted by Gasteiger charge is -2.34. The minimum atomic E-state index is -3.05. The first-order valence-electron chi connectivity index (χ1n) is 11.6. The van der Waals surface area contributed by atoms with Gasteiger partial charge in [0.2, 0.25) is 5.91 Å². The van der Waals surface area contributed by atoms with E-state index in [1.165, 1.54) is 11.8 Å². The van der Waals surface area contributed by atoms with Gasteiger partial charge in [0.25, 0.3) is 0 Å². The molecule has 0 spiro atoms. The van der Waals surface area contributed by atoms with Crippen LogP contribution in [0.15, 0.2) is 53.7 Å². The first kappa shape index (κ1) is 22.5. The van der Waals surface area contributed by atoms with Crippen LogP contribution in [0.1, 0.15) is 37.7 Å². The summed E-state index contributed by atoms with van der Waals surface area (Å²) in [4.78, 5) is 20.2. The van der Waals surface area contributed by atoms with Crippen LogP contribution < -0.4 is 0 Å². The van der Waals surface area contributed by atoms with E-state index in [4.69, 9.17) is 4.98 Å². The molecular weight excluding hydrogens is 454 g/mol. The number of amides is 1. The largest absolute Gasteiger partial charge is 0.335 e. The smallest absolute Gasteiger partial charge is 0.233 e. The van der Waals surface area contributed by atoms with Gasteiger partial charge in [0.05, 0.1) is 28.3 Å². The Balaban J connectivity index is 1.43. The summed E-state index contributed by atoms with van der Waals surface area (Å²) in [5.41, 5.74) is 4.08. The SMILES string of the molecule is Cc1cccc(-n2c(SCC(=O)N(C3CCCC3)[C@H]3CCS(=O)(=O)C3)nc3ccccc32)c1. The van der Waals surface area contributed by atoms with Crippen molar-refractivity contribution in [2.45, 2.75) is 56.3 Å². The maximum absolute atomic E-state index is 13.5. The van der Waals surface area contributed by atoms with E-state index in [0.29, 0.717) is 6.42 Å². The maximum Gasteiger partial charge on any atom is 0.233 e. The number of carbonyl (C=O) groups is 1. The van der Waals surface area contributed by atoms with E-state index in [-0.39, 0.29) is 35.2 Å². The summed E-state index contributed by atoms with van der Waals surface area (Å²) in [5, 5.41) is 0.778. The molecular formula is C25H29N3O3S2. The van der Waals surface area contributed by atoms with Gasteiger partial charge in [0, 0.05) is 17.8 Å². The number of hydrogen-bond acceptors (Lipinski definition) is 5. The number of thioether (sulfide) groups is 1. The van der Waals surface area contributed by atoms with Gasteiger partial charge in [-0.25, -0.2) is 13.4 Å². The van der Waals surface area contributed by atoms with Crippen LogP contribution in [-0.2, 0) is 14.6 Å². The number of aryl methyl sites for hydroxylation is 1. The summed E-state index contributed by atoms with van der Waals surface area (Å²) >= 11 is 1.44. The van der Waals surface area contributed by atoms with Gasteiger partial charge in [0.15, 0.2) is 15.0 Å². The number of carbonyl (C=O) groups excluding carboxylic acids is 1. The molecule has 8 heteroatoms. The molecule has 1 atom stereocenters. The number of aromatic nitrogens is 2. The van der Waals surface area contributed by atoms with Crippen LogP contribution in [0.4, 0.5) is 0 Å². The Bertz CT molecular complexity index is 1280. The molecule has 174 valence electrons. The maximum atomic E-state index is 13.5. The second kappa shape index (κ2) is 9.14. The first-order valence-corrected chi connectivity index (χ1v) is 14.4. The van der Waals surface area contributed by atoms with E-state index in [9.17, 15) is 13.2 Å². The van der Waals surface area contributed by atoms with Crippen molar-refractivity contribution in [1.82, 2.24) is 14.5 Å². The van der Waals surface area contributed by atoms with Crippen molar-refractivity contribution in [3.05, 3.63) is 54.1 Å². The third kappa shape index (κ3) is 4.68. The molecule has 3 aromatic rings. The summed E-state index contributed by atoms with van der Waals surface area (Å²) < 4.78 is 26.4. The van der Waals surface area contributed by atoms with Crippen LogP contribution in [0.3, 0.4) is 0 Å². The number of nitrogens with zero attached hydrogens (tertiary/aromatic N) is 3. The van der Waals surface area contributed by atoms with Gasteiger partial charge < -0.3 is 4.90 Å². The highest BCUT2D eigenvalue weighted by atomic mass is 32.2. The van der Waals surface area contributed by atoms with Gasteiger partial charge in [-0.1, -0.05) is 48.9 Å². The number of para-hydroxylation sites is 2. The van der Waals surface area contributed by atoms with E-state index in [1.807, 2.05) is 35.2 Å². The average molecular weight is 484 g/mol. The molecule has 0 N–H and O–H groups in total. The van der Waals surface area contributed by atoms with Crippen molar-refractivity contribution in [3.63, 3.8) is 0 Å².